The highest BCUT2D eigenvalue weighted by Crippen LogP contribution is 2.44. The second-order valence-corrected chi connectivity index (χ2v) is 9.48. The fourth-order valence-corrected chi connectivity index (χ4v) is 4.67. The molecule has 0 saturated heterocycles. The summed E-state index contributed by atoms with van der Waals surface area (Å²) in [7, 11) is 0. The Morgan fingerprint density at radius 2 is 1.57 bits per heavy atom. The molecule has 0 heterocycles. The van der Waals surface area contributed by atoms with Gasteiger partial charge in [0.05, 0.1) is 5.92 Å². The zero-order chi connectivity index (χ0) is 25.1. The molecule has 4 rings (SSSR count). The van der Waals surface area contributed by atoms with Gasteiger partial charge in [0.1, 0.15) is 6.61 Å². The van der Waals surface area contributed by atoms with Crippen LogP contribution in [0.25, 0.3) is 11.1 Å². The quantitative estimate of drug-likeness (QED) is 0.362. The van der Waals surface area contributed by atoms with Gasteiger partial charge in [-0.15, -0.1) is 0 Å². The van der Waals surface area contributed by atoms with E-state index in [9.17, 15) is 14.4 Å². The first-order chi connectivity index (χ1) is 16.7. The van der Waals surface area contributed by atoms with E-state index in [-0.39, 0.29) is 18.1 Å². The standard InChI is InChI=1S/C27H25BrN2O5/c1-15(26(32)33)16(2)29-25(31)17-11-18(28)13-19(12-17)30-27(34)35-14-24-22-9-5-3-7-20(22)21-8-4-6-10-23(21)24/h3-13,15-16,24H,14H2,1-2H3,(H,29,31)(H,30,34)(H,32,33). The highest BCUT2D eigenvalue weighted by Gasteiger charge is 2.29. The summed E-state index contributed by atoms with van der Waals surface area (Å²) in [5, 5.41) is 14.5. The Labute approximate surface area is 211 Å². The molecule has 3 N–H and O–H groups in total. The van der Waals surface area contributed by atoms with E-state index in [2.05, 4.69) is 38.7 Å². The van der Waals surface area contributed by atoms with Crippen LogP contribution in [-0.4, -0.2) is 35.7 Å². The third kappa shape index (κ3) is 5.38. The molecule has 0 bridgehead atoms. The molecule has 0 radical (unpaired) electrons. The fraction of sp³-hybridized carbons (Fsp3) is 0.222. The first-order valence-electron chi connectivity index (χ1n) is 11.2. The lowest BCUT2D eigenvalue weighted by atomic mass is 9.98. The largest absolute Gasteiger partial charge is 0.481 e. The minimum absolute atomic E-state index is 0.0605. The molecule has 2 amide bonds. The van der Waals surface area contributed by atoms with Crippen molar-refractivity contribution in [1.82, 2.24) is 5.32 Å². The third-order valence-electron chi connectivity index (χ3n) is 6.25. The van der Waals surface area contributed by atoms with Crippen LogP contribution in [0.1, 0.15) is 41.3 Å². The number of carboxylic acid groups (broad SMARTS) is 1. The van der Waals surface area contributed by atoms with E-state index in [0.29, 0.717) is 10.2 Å². The number of ether oxygens (including phenoxy) is 1. The lowest BCUT2D eigenvalue weighted by molar-refractivity contribution is -0.141. The van der Waals surface area contributed by atoms with Crippen molar-refractivity contribution in [2.75, 3.05) is 11.9 Å². The maximum absolute atomic E-state index is 12.6. The van der Waals surface area contributed by atoms with Crippen molar-refractivity contribution in [2.45, 2.75) is 25.8 Å². The number of anilines is 1. The van der Waals surface area contributed by atoms with Gasteiger partial charge in [-0.05, 0) is 54.3 Å². The molecule has 3 aromatic carbocycles. The van der Waals surface area contributed by atoms with Gasteiger partial charge in [0.2, 0.25) is 0 Å². The van der Waals surface area contributed by atoms with E-state index >= 15 is 0 Å². The topological polar surface area (TPSA) is 105 Å². The molecule has 0 fully saturated rings. The molecule has 1 aliphatic carbocycles. The van der Waals surface area contributed by atoms with E-state index in [0.717, 1.165) is 22.3 Å². The van der Waals surface area contributed by atoms with Crippen LogP contribution in [-0.2, 0) is 9.53 Å². The van der Waals surface area contributed by atoms with Crippen LogP contribution < -0.4 is 10.6 Å². The van der Waals surface area contributed by atoms with Gasteiger partial charge in [0, 0.05) is 27.7 Å². The predicted molar refractivity (Wildman–Crippen MR) is 137 cm³/mol. The number of fused-ring (bicyclic) bond motifs is 3. The number of halogens is 1. The molecule has 180 valence electrons. The number of hydrogen-bond donors (Lipinski definition) is 3. The normalized spacial score (nSPS) is 13.8. The first kappa shape index (κ1) is 24.5. The van der Waals surface area contributed by atoms with Crippen molar-refractivity contribution in [1.29, 1.82) is 0 Å². The lowest BCUT2D eigenvalue weighted by Crippen LogP contribution is -2.40. The van der Waals surface area contributed by atoms with E-state index in [4.69, 9.17) is 9.84 Å². The molecule has 35 heavy (non-hydrogen) atoms. The monoisotopic (exact) mass is 536 g/mol. The second kappa shape index (κ2) is 10.3. The Bertz CT molecular complexity index is 1250. The van der Waals surface area contributed by atoms with Crippen LogP contribution >= 0.6 is 15.9 Å². The molecule has 8 heteroatoms. The SMILES string of the molecule is CC(NC(=O)c1cc(Br)cc(NC(=O)OCC2c3ccccc3-c3ccccc32)c1)C(C)C(=O)O. The Kier molecular flexibility index (Phi) is 7.21. The van der Waals surface area contributed by atoms with Crippen molar-refractivity contribution >= 4 is 39.6 Å². The number of carbonyl (C=O) groups is 3. The molecule has 3 aromatic rings. The van der Waals surface area contributed by atoms with Crippen molar-refractivity contribution in [3.8, 4) is 11.1 Å². The summed E-state index contributed by atoms with van der Waals surface area (Å²) < 4.78 is 6.16. The van der Waals surface area contributed by atoms with Gasteiger partial charge in [0.25, 0.3) is 5.91 Å². The van der Waals surface area contributed by atoms with Crippen LogP contribution in [0.15, 0.2) is 71.2 Å². The Balaban J connectivity index is 1.42. The third-order valence-corrected chi connectivity index (χ3v) is 6.71. The van der Waals surface area contributed by atoms with Crippen LogP contribution in [0.2, 0.25) is 0 Å². The average Bonchev–Trinajstić information content (AvgIpc) is 3.15. The van der Waals surface area contributed by atoms with Gasteiger partial charge in [-0.3, -0.25) is 14.9 Å². The fourth-order valence-electron chi connectivity index (χ4n) is 4.17. The number of amides is 2. The molecule has 0 saturated carbocycles. The summed E-state index contributed by atoms with van der Waals surface area (Å²) in [4.78, 5) is 36.4. The molecule has 7 nitrogen and oxygen atoms in total. The zero-order valence-electron chi connectivity index (χ0n) is 19.2. The summed E-state index contributed by atoms with van der Waals surface area (Å²) in [6.07, 6.45) is -0.635. The Morgan fingerprint density at radius 1 is 0.971 bits per heavy atom. The highest BCUT2D eigenvalue weighted by atomic mass is 79.9. The average molecular weight is 537 g/mol. The molecule has 0 aliphatic heterocycles. The zero-order valence-corrected chi connectivity index (χ0v) is 20.8. The van der Waals surface area contributed by atoms with Gasteiger partial charge in [-0.25, -0.2) is 4.79 Å². The van der Waals surface area contributed by atoms with Gasteiger partial charge in [-0.2, -0.15) is 0 Å². The van der Waals surface area contributed by atoms with E-state index in [1.54, 1.807) is 19.1 Å². The first-order valence-corrected chi connectivity index (χ1v) is 12.0. The van der Waals surface area contributed by atoms with E-state index in [1.807, 2.05) is 36.4 Å². The number of rotatable bonds is 7. The van der Waals surface area contributed by atoms with Crippen LogP contribution in [0.3, 0.4) is 0 Å². The van der Waals surface area contributed by atoms with Crippen molar-refractivity contribution in [3.63, 3.8) is 0 Å². The maximum Gasteiger partial charge on any atom is 0.411 e. The summed E-state index contributed by atoms with van der Waals surface area (Å²) in [5.41, 5.74) is 5.18. The number of nitrogens with one attached hydrogen (secondary N) is 2. The minimum Gasteiger partial charge on any atom is -0.481 e. The van der Waals surface area contributed by atoms with Crippen LogP contribution in [0.4, 0.5) is 10.5 Å². The van der Waals surface area contributed by atoms with Gasteiger partial charge in [0.15, 0.2) is 0 Å². The maximum atomic E-state index is 12.6. The highest BCUT2D eigenvalue weighted by molar-refractivity contribution is 9.10. The van der Waals surface area contributed by atoms with Crippen molar-refractivity contribution in [3.05, 3.63) is 87.9 Å². The lowest BCUT2D eigenvalue weighted by Gasteiger charge is -2.18. The summed E-state index contributed by atoms with van der Waals surface area (Å²) in [5.74, 6) is -2.24. The molecule has 0 aromatic heterocycles. The number of benzene rings is 3. The smallest absolute Gasteiger partial charge is 0.411 e. The van der Waals surface area contributed by atoms with Gasteiger partial charge in [-0.1, -0.05) is 64.5 Å². The molecular weight excluding hydrogens is 512 g/mol. The predicted octanol–water partition coefficient (Wildman–Crippen LogP) is 5.65. The number of aliphatic carboxylic acids is 1. The van der Waals surface area contributed by atoms with Gasteiger partial charge < -0.3 is 15.2 Å². The van der Waals surface area contributed by atoms with Crippen LogP contribution in [0, 0.1) is 5.92 Å². The summed E-state index contributed by atoms with van der Waals surface area (Å²) in [6, 6.07) is 20.4. The molecule has 2 unspecified atom stereocenters. The van der Waals surface area contributed by atoms with Crippen molar-refractivity contribution < 1.29 is 24.2 Å². The van der Waals surface area contributed by atoms with Crippen molar-refractivity contribution in [2.24, 2.45) is 5.92 Å². The molecular formula is C27H25BrN2O5. The second-order valence-electron chi connectivity index (χ2n) is 8.57. The number of carboxylic acids is 1. The Hall–Kier alpha value is -3.65. The summed E-state index contributed by atoms with van der Waals surface area (Å²) in [6.45, 7) is 3.33. The Morgan fingerprint density at radius 3 is 2.17 bits per heavy atom. The number of hydrogen-bond acceptors (Lipinski definition) is 4. The molecule has 1 aliphatic rings. The summed E-state index contributed by atoms with van der Waals surface area (Å²) >= 11 is 3.35. The van der Waals surface area contributed by atoms with Crippen LogP contribution in [0.5, 0.6) is 0 Å². The van der Waals surface area contributed by atoms with E-state index in [1.165, 1.54) is 13.0 Å². The van der Waals surface area contributed by atoms with Gasteiger partial charge >= 0.3 is 12.1 Å². The minimum atomic E-state index is -0.996. The number of carbonyl (C=O) groups excluding carboxylic acids is 2. The molecule has 0 spiro atoms. The van der Waals surface area contributed by atoms with E-state index < -0.39 is 29.9 Å². The molecule has 2 atom stereocenters.